The van der Waals surface area contributed by atoms with E-state index in [1.54, 1.807) is 7.05 Å². The quantitative estimate of drug-likeness (QED) is 0.847. The largest absolute Gasteiger partial charge is 0.487 e. The van der Waals surface area contributed by atoms with Crippen molar-refractivity contribution in [2.75, 3.05) is 18.9 Å². The molecule has 0 aliphatic heterocycles. The molecule has 0 saturated carbocycles. The predicted molar refractivity (Wildman–Crippen MR) is 79.8 cm³/mol. The smallest absolute Gasteiger partial charge is 0.239 e. The summed E-state index contributed by atoms with van der Waals surface area (Å²) in [4.78, 5) is 11.3. The second-order valence-corrected chi connectivity index (χ2v) is 4.30. The number of amides is 1. The van der Waals surface area contributed by atoms with Crippen LogP contribution in [0.1, 0.15) is 5.56 Å². The van der Waals surface area contributed by atoms with E-state index in [1.807, 2.05) is 54.6 Å². The molecule has 0 aliphatic carbocycles. The zero-order chi connectivity index (χ0) is 14.2. The fourth-order valence-corrected chi connectivity index (χ4v) is 1.74. The molecule has 20 heavy (non-hydrogen) atoms. The fraction of sp³-hybridized carbons (Fsp3) is 0.188. The van der Waals surface area contributed by atoms with Gasteiger partial charge >= 0.3 is 0 Å². The Morgan fingerprint density at radius 1 is 1.05 bits per heavy atom. The van der Waals surface area contributed by atoms with Crippen LogP contribution in [0.5, 0.6) is 5.75 Å². The van der Waals surface area contributed by atoms with E-state index in [9.17, 15) is 4.79 Å². The number of carbonyl (C=O) groups is 1. The van der Waals surface area contributed by atoms with Crippen molar-refractivity contribution < 1.29 is 9.53 Å². The molecule has 0 spiro atoms. The zero-order valence-corrected chi connectivity index (χ0v) is 11.4. The Hall–Kier alpha value is -2.49. The minimum absolute atomic E-state index is 0.0668. The maximum atomic E-state index is 11.3. The molecule has 0 fully saturated rings. The fourth-order valence-electron chi connectivity index (χ4n) is 1.74. The van der Waals surface area contributed by atoms with Gasteiger partial charge in [0.05, 0.1) is 12.2 Å². The summed E-state index contributed by atoms with van der Waals surface area (Å²) in [5.41, 5.74) is 1.92. The molecule has 4 heteroatoms. The normalized spacial score (nSPS) is 9.85. The minimum Gasteiger partial charge on any atom is -0.487 e. The van der Waals surface area contributed by atoms with Gasteiger partial charge in [-0.25, -0.2) is 0 Å². The van der Waals surface area contributed by atoms with E-state index in [1.165, 1.54) is 0 Å². The van der Waals surface area contributed by atoms with Gasteiger partial charge in [0.2, 0.25) is 5.91 Å². The predicted octanol–water partition coefficient (Wildman–Crippen LogP) is 2.42. The van der Waals surface area contributed by atoms with Gasteiger partial charge in [0, 0.05) is 7.05 Å². The first kappa shape index (κ1) is 13.9. The third kappa shape index (κ3) is 4.02. The first-order valence-corrected chi connectivity index (χ1v) is 6.50. The Labute approximate surface area is 118 Å². The Morgan fingerprint density at radius 3 is 2.50 bits per heavy atom. The molecule has 2 rings (SSSR count). The van der Waals surface area contributed by atoms with Gasteiger partial charge < -0.3 is 15.4 Å². The van der Waals surface area contributed by atoms with Crippen molar-refractivity contribution in [2.45, 2.75) is 6.61 Å². The Morgan fingerprint density at radius 2 is 1.75 bits per heavy atom. The number of ether oxygens (including phenoxy) is 1. The summed E-state index contributed by atoms with van der Waals surface area (Å²) in [5, 5.41) is 5.63. The number of para-hydroxylation sites is 2. The maximum absolute atomic E-state index is 11.3. The summed E-state index contributed by atoms with van der Waals surface area (Å²) in [6.07, 6.45) is 0. The van der Waals surface area contributed by atoms with Crippen LogP contribution in [-0.2, 0) is 11.4 Å². The van der Waals surface area contributed by atoms with Crippen LogP contribution in [-0.4, -0.2) is 19.5 Å². The molecule has 0 radical (unpaired) electrons. The van der Waals surface area contributed by atoms with E-state index < -0.39 is 0 Å². The lowest BCUT2D eigenvalue weighted by Crippen LogP contribution is -2.26. The van der Waals surface area contributed by atoms with Crippen molar-refractivity contribution in [3.05, 3.63) is 60.2 Å². The second kappa shape index (κ2) is 7.19. The van der Waals surface area contributed by atoms with Gasteiger partial charge in [-0.05, 0) is 17.7 Å². The number of likely N-dealkylation sites (N-methyl/N-ethyl adjacent to an activating group) is 1. The first-order valence-electron chi connectivity index (χ1n) is 6.50. The van der Waals surface area contributed by atoms with Crippen LogP contribution in [0.3, 0.4) is 0 Å². The molecular weight excluding hydrogens is 252 g/mol. The van der Waals surface area contributed by atoms with Gasteiger partial charge in [-0.1, -0.05) is 42.5 Å². The molecule has 0 saturated heterocycles. The maximum Gasteiger partial charge on any atom is 0.239 e. The van der Waals surface area contributed by atoms with Gasteiger partial charge in [-0.2, -0.15) is 0 Å². The topological polar surface area (TPSA) is 50.4 Å². The summed E-state index contributed by atoms with van der Waals surface area (Å²) in [5.74, 6) is 0.670. The standard InChI is InChI=1S/C16H18N2O2/c1-17-16(19)11-18-14-9-5-6-10-15(14)20-12-13-7-3-2-4-8-13/h2-10,18H,11-12H2,1H3,(H,17,19). The lowest BCUT2D eigenvalue weighted by atomic mass is 10.2. The third-order valence-corrected chi connectivity index (χ3v) is 2.84. The van der Waals surface area contributed by atoms with E-state index in [0.29, 0.717) is 6.61 Å². The number of hydrogen-bond donors (Lipinski definition) is 2. The van der Waals surface area contributed by atoms with E-state index in [4.69, 9.17) is 4.74 Å². The van der Waals surface area contributed by atoms with Crippen LogP contribution in [0, 0.1) is 0 Å². The number of nitrogens with one attached hydrogen (secondary N) is 2. The molecule has 0 atom stereocenters. The molecule has 2 N–H and O–H groups in total. The van der Waals surface area contributed by atoms with E-state index >= 15 is 0 Å². The molecule has 104 valence electrons. The summed E-state index contributed by atoms with van der Waals surface area (Å²) in [7, 11) is 1.61. The first-order chi connectivity index (χ1) is 9.79. The van der Waals surface area contributed by atoms with Gasteiger partial charge in [-0.15, -0.1) is 0 Å². The SMILES string of the molecule is CNC(=O)CNc1ccccc1OCc1ccccc1. The number of rotatable bonds is 6. The molecule has 0 aromatic heterocycles. The Bertz CT molecular complexity index is 555. The number of carbonyl (C=O) groups excluding carboxylic acids is 1. The van der Waals surface area contributed by atoms with Crippen molar-refractivity contribution >= 4 is 11.6 Å². The van der Waals surface area contributed by atoms with Crippen LogP contribution < -0.4 is 15.4 Å². The number of benzene rings is 2. The zero-order valence-electron chi connectivity index (χ0n) is 11.4. The van der Waals surface area contributed by atoms with E-state index in [0.717, 1.165) is 17.0 Å². The van der Waals surface area contributed by atoms with Gasteiger partial charge in [0.25, 0.3) is 0 Å². The van der Waals surface area contributed by atoms with E-state index in [-0.39, 0.29) is 12.5 Å². The summed E-state index contributed by atoms with van der Waals surface area (Å²) in [6, 6.07) is 17.6. The molecule has 1 amide bonds. The third-order valence-electron chi connectivity index (χ3n) is 2.84. The van der Waals surface area contributed by atoms with Gasteiger partial charge in [0.1, 0.15) is 12.4 Å². The molecule has 2 aromatic carbocycles. The van der Waals surface area contributed by atoms with Crippen LogP contribution in [0.15, 0.2) is 54.6 Å². The van der Waals surface area contributed by atoms with E-state index in [2.05, 4.69) is 10.6 Å². The van der Waals surface area contributed by atoms with Crippen molar-refractivity contribution in [3.63, 3.8) is 0 Å². The van der Waals surface area contributed by atoms with Crippen molar-refractivity contribution in [1.82, 2.24) is 5.32 Å². The highest BCUT2D eigenvalue weighted by molar-refractivity contribution is 5.80. The van der Waals surface area contributed by atoms with Crippen LogP contribution in [0.4, 0.5) is 5.69 Å². The van der Waals surface area contributed by atoms with Gasteiger partial charge in [-0.3, -0.25) is 4.79 Å². The average Bonchev–Trinajstić information content (AvgIpc) is 2.52. The highest BCUT2D eigenvalue weighted by atomic mass is 16.5. The highest BCUT2D eigenvalue weighted by Crippen LogP contribution is 2.24. The van der Waals surface area contributed by atoms with Gasteiger partial charge in [0.15, 0.2) is 0 Å². The molecule has 0 unspecified atom stereocenters. The van der Waals surface area contributed by atoms with Crippen molar-refractivity contribution in [2.24, 2.45) is 0 Å². The molecule has 4 nitrogen and oxygen atoms in total. The minimum atomic E-state index is -0.0668. The molecule has 2 aromatic rings. The second-order valence-electron chi connectivity index (χ2n) is 4.30. The average molecular weight is 270 g/mol. The van der Waals surface area contributed by atoms with Crippen LogP contribution >= 0.6 is 0 Å². The lowest BCUT2D eigenvalue weighted by Gasteiger charge is -2.12. The number of anilines is 1. The summed E-state index contributed by atoms with van der Waals surface area (Å²) >= 11 is 0. The van der Waals surface area contributed by atoms with Crippen molar-refractivity contribution in [1.29, 1.82) is 0 Å². The molecular formula is C16H18N2O2. The molecule has 0 aliphatic rings. The molecule has 0 heterocycles. The Balaban J connectivity index is 1.98. The highest BCUT2D eigenvalue weighted by Gasteiger charge is 2.04. The van der Waals surface area contributed by atoms with Crippen LogP contribution in [0.25, 0.3) is 0 Å². The summed E-state index contributed by atoms with van der Waals surface area (Å²) in [6.45, 7) is 0.724. The van der Waals surface area contributed by atoms with Crippen LogP contribution in [0.2, 0.25) is 0 Å². The lowest BCUT2D eigenvalue weighted by molar-refractivity contribution is -0.118. The van der Waals surface area contributed by atoms with Crippen molar-refractivity contribution in [3.8, 4) is 5.75 Å². The summed E-state index contributed by atoms with van der Waals surface area (Å²) < 4.78 is 5.79. The Kier molecular flexibility index (Phi) is 5.00. The molecule has 0 bridgehead atoms. The monoisotopic (exact) mass is 270 g/mol. The number of hydrogen-bond acceptors (Lipinski definition) is 3.